The molecular weight excluding hydrogens is 206 g/mol. The van der Waals surface area contributed by atoms with Gasteiger partial charge in [-0.1, -0.05) is 13.8 Å². The summed E-state index contributed by atoms with van der Waals surface area (Å²) in [6.45, 7) is 3.89. The van der Waals surface area contributed by atoms with Crippen LogP contribution in [0.3, 0.4) is 0 Å². The molecule has 0 aromatic rings. The van der Waals surface area contributed by atoms with Crippen molar-refractivity contribution in [1.29, 1.82) is 0 Å². The first kappa shape index (κ1) is 13.2. The molecule has 0 radical (unpaired) electrons. The molecule has 1 unspecified atom stereocenters. The minimum absolute atomic E-state index is 0.0264. The predicted molar refractivity (Wildman–Crippen MR) is 54.0 cm³/mol. The topological polar surface area (TPSA) is 80.4 Å². The second-order valence-corrected chi connectivity index (χ2v) is 4.27. The zero-order chi connectivity index (χ0) is 11.3. The molecule has 4 nitrogen and oxygen atoms in total. The van der Waals surface area contributed by atoms with E-state index in [2.05, 4.69) is 0 Å². The number of amides is 1. The molecule has 0 saturated heterocycles. The Morgan fingerprint density at radius 3 is 2.21 bits per heavy atom. The SMILES string of the molecule is CC(C)C[C@H](CC(N)=O)C(Cl)C(=O)O. The second-order valence-electron chi connectivity index (χ2n) is 3.80. The van der Waals surface area contributed by atoms with Gasteiger partial charge in [-0.3, -0.25) is 9.59 Å². The minimum atomic E-state index is -1.10. The number of halogens is 1. The molecule has 0 aliphatic heterocycles. The Labute approximate surface area is 88.4 Å². The maximum absolute atomic E-state index is 10.7. The zero-order valence-electron chi connectivity index (χ0n) is 8.37. The molecule has 5 heteroatoms. The molecule has 0 aromatic heterocycles. The van der Waals surface area contributed by atoms with E-state index in [0.29, 0.717) is 12.3 Å². The first-order valence-electron chi connectivity index (χ1n) is 4.49. The van der Waals surface area contributed by atoms with Crippen molar-refractivity contribution < 1.29 is 14.7 Å². The van der Waals surface area contributed by atoms with E-state index < -0.39 is 17.3 Å². The molecule has 0 aliphatic carbocycles. The van der Waals surface area contributed by atoms with E-state index in [0.717, 1.165) is 0 Å². The fourth-order valence-corrected chi connectivity index (χ4v) is 1.56. The van der Waals surface area contributed by atoms with Gasteiger partial charge in [0.25, 0.3) is 0 Å². The number of aliphatic carboxylic acids is 1. The van der Waals surface area contributed by atoms with Crippen LogP contribution in [0.15, 0.2) is 0 Å². The van der Waals surface area contributed by atoms with Crippen molar-refractivity contribution in [3.05, 3.63) is 0 Å². The standard InChI is InChI=1S/C9H16ClNO3/c1-5(2)3-6(4-7(11)12)8(10)9(13)14/h5-6,8H,3-4H2,1-2H3,(H2,11,12)(H,13,14)/t6-,8?/m1/s1. The number of carboxylic acid groups (broad SMARTS) is 1. The van der Waals surface area contributed by atoms with Gasteiger partial charge in [0.05, 0.1) is 0 Å². The summed E-state index contributed by atoms with van der Waals surface area (Å²) in [5, 5.41) is 7.66. The molecule has 3 N–H and O–H groups in total. The summed E-state index contributed by atoms with van der Waals surface area (Å²) in [6.07, 6.45) is 0.613. The molecule has 0 rings (SSSR count). The average Bonchev–Trinajstić information content (AvgIpc) is 1.99. The van der Waals surface area contributed by atoms with Crippen LogP contribution in [0.2, 0.25) is 0 Å². The smallest absolute Gasteiger partial charge is 0.321 e. The van der Waals surface area contributed by atoms with E-state index in [4.69, 9.17) is 22.4 Å². The first-order chi connectivity index (χ1) is 6.34. The Morgan fingerprint density at radius 1 is 1.43 bits per heavy atom. The molecule has 0 heterocycles. The van der Waals surface area contributed by atoms with Crippen molar-refractivity contribution in [1.82, 2.24) is 0 Å². The van der Waals surface area contributed by atoms with Crippen molar-refractivity contribution in [3.8, 4) is 0 Å². The number of primary amides is 1. The molecule has 82 valence electrons. The van der Waals surface area contributed by atoms with Crippen molar-refractivity contribution in [2.75, 3.05) is 0 Å². The van der Waals surface area contributed by atoms with Crippen LogP contribution in [-0.2, 0) is 9.59 Å². The van der Waals surface area contributed by atoms with Crippen molar-refractivity contribution in [2.45, 2.75) is 32.1 Å². The third kappa shape index (κ3) is 5.07. The van der Waals surface area contributed by atoms with Gasteiger partial charge in [-0.2, -0.15) is 0 Å². The Bertz CT molecular complexity index is 218. The van der Waals surface area contributed by atoms with E-state index in [9.17, 15) is 9.59 Å². The third-order valence-electron chi connectivity index (χ3n) is 1.89. The van der Waals surface area contributed by atoms with Crippen LogP contribution >= 0.6 is 11.6 Å². The highest BCUT2D eigenvalue weighted by Gasteiger charge is 2.27. The molecule has 0 fully saturated rings. The number of alkyl halides is 1. The number of hydrogen-bond donors (Lipinski definition) is 2. The summed E-state index contributed by atoms with van der Waals surface area (Å²) in [7, 11) is 0. The molecule has 0 saturated carbocycles. The highest BCUT2D eigenvalue weighted by atomic mass is 35.5. The van der Waals surface area contributed by atoms with Crippen LogP contribution in [0.5, 0.6) is 0 Å². The van der Waals surface area contributed by atoms with Crippen LogP contribution in [0.1, 0.15) is 26.7 Å². The van der Waals surface area contributed by atoms with E-state index in [-0.39, 0.29) is 12.3 Å². The lowest BCUT2D eigenvalue weighted by molar-refractivity contribution is -0.137. The van der Waals surface area contributed by atoms with E-state index in [1.54, 1.807) is 0 Å². The van der Waals surface area contributed by atoms with Crippen LogP contribution < -0.4 is 5.73 Å². The lowest BCUT2D eigenvalue weighted by Gasteiger charge is -2.19. The maximum atomic E-state index is 10.7. The summed E-state index contributed by atoms with van der Waals surface area (Å²) < 4.78 is 0. The summed E-state index contributed by atoms with van der Waals surface area (Å²) in [5.74, 6) is -1.70. The number of nitrogens with two attached hydrogens (primary N) is 1. The summed E-state index contributed by atoms with van der Waals surface area (Å²) in [4.78, 5) is 21.3. The van der Waals surface area contributed by atoms with E-state index in [1.807, 2.05) is 13.8 Å². The molecule has 0 bridgehead atoms. The fraction of sp³-hybridized carbons (Fsp3) is 0.778. The third-order valence-corrected chi connectivity index (χ3v) is 2.43. The van der Waals surface area contributed by atoms with Gasteiger partial charge in [-0.25, -0.2) is 0 Å². The minimum Gasteiger partial charge on any atom is -0.480 e. The van der Waals surface area contributed by atoms with Crippen LogP contribution in [0, 0.1) is 11.8 Å². The lowest BCUT2D eigenvalue weighted by atomic mass is 9.91. The number of hydrogen-bond acceptors (Lipinski definition) is 2. The zero-order valence-corrected chi connectivity index (χ0v) is 9.12. The van der Waals surface area contributed by atoms with E-state index >= 15 is 0 Å². The number of carbonyl (C=O) groups is 2. The van der Waals surface area contributed by atoms with Gasteiger partial charge in [0.2, 0.25) is 5.91 Å². The Kier molecular flexibility index (Phi) is 5.53. The van der Waals surface area contributed by atoms with Crippen molar-refractivity contribution >= 4 is 23.5 Å². The fourth-order valence-electron chi connectivity index (χ4n) is 1.37. The maximum Gasteiger partial charge on any atom is 0.321 e. The molecule has 2 atom stereocenters. The monoisotopic (exact) mass is 221 g/mol. The molecule has 0 aliphatic rings. The Morgan fingerprint density at radius 2 is 1.93 bits per heavy atom. The summed E-state index contributed by atoms with van der Waals surface area (Å²) in [5.41, 5.74) is 5.02. The van der Waals surface area contributed by atoms with E-state index in [1.165, 1.54) is 0 Å². The number of carboxylic acids is 1. The Hall–Kier alpha value is -0.770. The molecule has 1 amide bonds. The predicted octanol–water partition coefficient (Wildman–Crippen LogP) is 1.22. The number of rotatable bonds is 6. The van der Waals surface area contributed by atoms with Crippen LogP contribution in [0.25, 0.3) is 0 Å². The summed E-state index contributed by atoms with van der Waals surface area (Å²) in [6, 6.07) is 0. The Balaban J connectivity index is 4.37. The van der Waals surface area contributed by atoms with Gasteiger partial charge in [0, 0.05) is 6.42 Å². The quantitative estimate of drug-likeness (QED) is 0.662. The van der Waals surface area contributed by atoms with Crippen LogP contribution in [0.4, 0.5) is 0 Å². The molecular formula is C9H16ClNO3. The number of carbonyl (C=O) groups excluding carboxylic acids is 1. The highest BCUT2D eigenvalue weighted by Crippen LogP contribution is 2.23. The van der Waals surface area contributed by atoms with Gasteiger partial charge in [-0.15, -0.1) is 11.6 Å². The molecule has 0 spiro atoms. The van der Waals surface area contributed by atoms with Crippen LogP contribution in [-0.4, -0.2) is 22.4 Å². The van der Waals surface area contributed by atoms with Crippen molar-refractivity contribution in [2.24, 2.45) is 17.6 Å². The van der Waals surface area contributed by atoms with Gasteiger partial charge in [0.15, 0.2) is 0 Å². The highest BCUT2D eigenvalue weighted by molar-refractivity contribution is 6.29. The van der Waals surface area contributed by atoms with Gasteiger partial charge >= 0.3 is 5.97 Å². The molecule has 0 aromatic carbocycles. The summed E-state index contributed by atoms with van der Waals surface area (Å²) >= 11 is 5.66. The normalized spacial score (nSPS) is 15.1. The first-order valence-corrected chi connectivity index (χ1v) is 4.93. The van der Waals surface area contributed by atoms with Crippen molar-refractivity contribution in [3.63, 3.8) is 0 Å². The largest absolute Gasteiger partial charge is 0.480 e. The average molecular weight is 222 g/mol. The molecule has 14 heavy (non-hydrogen) atoms. The van der Waals surface area contributed by atoms with Gasteiger partial charge < -0.3 is 10.8 Å². The van der Waals surface area contributed by atoms with Gasteiger partial charge in [-0.05, 0) is 18.3 Å². The lowest BCUT2D eigenvalue weighted by Crippen LogP contribution is -2.29. The second kappa shape index (κ2) is 5.86. The van der Waals surface area contributed by atoms with Gasteiger partial charge in [0.1, 0.15) is 5.38 Å².